The molecule has 1 heterocycles. The lowest BCUT2D eigenvalue weighted by Gasteiger charge is -2.43. The number of benzene rings is 1. The number of carboxylic acid groups (broad SMARTS) is 1. The molecule has 1 aromatic carbocycles. The molecule has 0 saturated heterocycles. The number of nitrogens with zero attached hydrogens (tertiary/aromatic N) is 1. The number of aliphatic carboxylic acids is 1. The molecule has 108 valence electrons. The van der Waals surface area contributed by atoms with Gasteiger partial charge in [-0.1, -0.05) is 26.0 Å². The summed E-state index contributed by atoms with van der Waals surface area (Å²) >= 11 is 0. The standard InChI is InChI=1S/C15H19NO4/c1-4-15(5-2)14(19)16(10(3)13(17)18)11-8-6-7-9-12(11)20-15/h6-10H,4-5H2,1-3H3,(H,17,18). The van der Waals surface area contributed by atoms with Crippen molar-refractivity contribution in [3.05, 3.63) is 24.3 Å². The molecule has 1 aliphatic heterocycles. The lowest BCUT2D eigenvalue weighted by molar-refractivity contribution is -0.144. The maximum absolute atomic E-state index is 12.8. The Morgan fingerprint density at radius 3 is 2.50 bits per heavy atom. The molecule has 0 spiro atoms. The molecule has 20 heavy (non-hydrogen) atoms. The number of rotatable bonds is 4. The number of carbonyl (C=O) groups is 2. The molecule has 0 aromatic heterocycles. The Morgan fingerprint density at radius 1 is 1.35 bits per heavy atom. The fourth-order valence-corrected chi connectivity index (χ4v) is 2.52. The molecule has 1 aliphatic rings. The van der Waals surface area contributed by atoms with Gasteiger partial charge in [0.05, 0.1) is 5.69 Å². The van der Waals surface area contributed by atoms with Crippen molar-refractivity contribution in [1.29, 1.82) is 0 Å². The van der Waals surface area contributed by atoms with E-state index in [1.54, 1.807) is 18.2 Å². The third-order valence-electron chi connectivity index (χ3n) is 3.93. The van der Waals surface area contributed by atoms with Crippen molar-refractivity contribution in [1.82, 2.24) is 0 Å². The molecule has 0 radical (unpaired) electrons. The van der Waals surface area contributed by atoms with Crippen molar-refractivity contribution in [3.63, 3.8) is 0 Å². The number of para-hydroxylation sites is 2. The second kappa shape index (κ2) is 5.15. The van der Waals surface area contributed by atoms with Crippen LogP contribution in [0.5, 0.6) is 5.75 Å². The maximum Gasteiger partial charge on any atom is 0.326 e. The second-order valence-corrected chi connectivity index (χ2v) is 4.96. The van der Waals surface area contributed by atoms with Gasteiger partial charge in [-0.05, 0) is 31.9 Å². The number of fused-ring (bicyclic) bond motifs is 1. The minimum Gasteiger partial charge on any atom is -0.480 e. The van der Waals surface area contributed by atoms with Crippen LogP contribution in [-0.4, -0.2) is 28.6 Å². The topological polar surface area (TPSA) is 66.8 Å². The molecule has 1 amide bonds. The summed E-state index contributed by atoms with van der Waals surface area (Å²) in [6.07, 6.45) is 0.999. The van der Waals surface area contributed by atoms with Gasteiger partial charge in [0, 0.05) is 0 Å². The first-order chi connectivity index (χ1) is 9.46. The van der Waals surface area contributed by atoms with Crippen molar-refractivity contribution in [2.24, 2.45) is 0 Å². The Hall–Kier alpha value is -2.04. The van der Waals surface area contributed by atoms with Crippen LogP contribution in [-0.2, 0) is 9.59 Å². The molecule has 0 bridgehead atoms. The highest BCUT2D eigenvalue weighted by Crippen LogP contribution is 2.41. The summed E-state index contributed by atoms with van der Waals surface area (Å²) in [7, 11) is 0. The summed E-state index contributed by atoms with van der Waals surface area (Å²) in [5.41, 5.74) is -0.456. The zero-order chi connectivity index (χ0) is 14.9. The highest BCUT2D eigenvalue weighted by Gasteiger charge is 2.48. The predicted octanol–water partition coefficient (Wildman–Crippen LogP) is 2.44. The SMILES string of the molecule is CCC1(CC)Oc2ccccc2N(C(C)C(=O)O)C1=O. The highest BCUT2D eigenvalue weighted by atomic mass is 16.5. The maximum atomic E-state index is 12.8. The van der Waals surface area contributed by atoms with Gasteiger partial charge in [0.25, 0.3) is 5.91 Å². The summed E-state index contributed by atoms with van der Waals surface area (Å²) in [4.78, 5) is 25.4. The molecule has 0 aliphatic carbocycles. The summed E-state index contributed by atoms with van der Waals surface area (Å²) in [6, 6.07) is 6.13. The van der Waals surface area contributed by atoms with Gasteiger partial charge in [0.1, 0.15) is 11.8 Å². The van der Waals surface area contributed by atoms with E-state index in [2.05, 4.69) is 0 Å². The van der Waals surface area contributed by atoms with Crippen LogP contribution in [0.2, 0.25) is 0 Å². The Morgan fingerprint density at radius 2 is 1.95 bits per heavy atom. The number of ether oxygens (including phenoxy) is 1. The van der Waals surface area contributed by atoms with E-state index in [4.69, 9.17) is 4.74 Å². The number of hydrogen-bond acceptors (Lipinski definition) is 3. The van der Waals surface area contributed by atoms with E-state index >= 15 is 0 Å². The smallest absolute Gasteiger partial charge is 0.326 e. The van der Waals surface area contributed by atoms with Gasteiger partial charge in [-0.3, -0.25) is 9.69 Å². The Bertz CT molecular complexity index is 536. The van der Waals surface area contributed by atoms with Gasteiger partial charge >= 0.3 is 5.97 Å². The van der Waals surface area contributed by atoms with E-state index in [-0.39, 0.29) is 5.91 Å². The van der Waals surface area contributed by atoms with Crippen molar-refractivity contribution in [2.75, 3.05) is 4.90 Å². The third kappa shape index (κ3) is 2.03. The molecular weight excluding hydrogens is 258 g/mol. The first-order valence-corrected chi connectivity index (χ1v) is 6.81. The molecule has 0 saturated carbocycles. The van der Waals surface area contributed by atoms with Crippen LogP contribution < -0.4 is 9.64 Å². The van der Waals surface area contributed by atoms with Gasteiger partial charge in [-0.25, -0.2) is 4.79 Å². The molecule has 2 rings (SSSR count). The Labute approximate surface area is 118 Å². The summed E-state index contributed by atoms with van der Waals surface area (Å²) in [5, 5.41) is 9.26. The molecular formula is C15H19NO4. The predicted molar refractivity (Wildman–Crippen MR) is 75.0 cm³/mol. The lowest BCUT2D eigenvalue weighted by Crippen LogP contribution is -2.59. The second-order valence-electron chi connectivity index (χ2n) is 4.96. The van der Waals surface area contributed by atoms with E-state index in [9.17, 15) is 14.7 Å². The zero-order valence-corrected chi connectivity index (χ0v) is 11.9. The minimum atomic E-state index is -1.03. The molecule has 5 heteroatoms. The molecule has 5 nitrogen and oxygen atoms in total. The highest BCUT2D eigenvalue weighted by molar-refractivity contribution is 6.06. The van der Waals surface area contributed by atoms with Crippen LogP contribution >= 0.6 is 0 Å². The molecule has 1 unspecified atom stereocenters. The average Bonchev–Trinajstić information content (AvgIpc) is 2.46. The van der Waals surface area contributed by atoms with E-state index in [0.717, 1.165) is 0 Å². The van der Waals surface area contributed by atoms with Crippen LogP contribution in [0.15, 0.2) is 24.3 Å². The van der Waals surface area contributed by atoms with Gasteiger partial charge < -0.3 is 9.84 Å². The fraction of sp³-hybridized carbons (Fsp3) is 0.467. The van der Waals surface area contributed by atoms with Crippen molar-refractivity contribution in [2.45, 2.75) is 45.3 Å². The van der Waals surface area contributed by atoms with E-state index < -0.39 is 17.6 Å². The number of carboxylic acids is 1. The minimum absolute atomic E-state index is 0.281. The van der Waals surface area contributed by atoms with Crippen molar-refractivity contribution < 1.29 is 19.4 Å². The van der Waals surface area contributed by atoms with Gasteiger partial charge in [0.15, 0.2) is 5.60 Å². The van der Waals surface area contributed by atoms with Gasteiger partial charge in [0.2, 0.25) is 0 Å². The van der Waals surface area contributed by atoms with Crippen LogP contribution in [0, 0.1) is 0 Å². The monoisotopic (exact) mass is 277 g/mol. The van der Waals surface area contributed by atoms with E-state index in [1.807, 2.05) is 19.9 Å². The summed E-state index contributed by atoms with van der Waals surface area (Å²) in [6.45, 7) is 5.26. The van der Waals surface area contributed by atoms with E-state index in [0.29, 0.717) is 24.3 Å². The van der Waals surface area contributed by atoms with Crippen LogP contribution in [0.4, 0.5) is 5.69 Å². The molecule has 0 fully saturated rings. The number of amides is 1. The lowest BCUT2D eigenvalue weighted by atomic mass is 9.92. The van der Waals surface area contributed by atoms with Crippen molar-refractivity contribution >= 4 is 17.6 Å². The first-order valence-electron chi connectivity index (χ1n) is 6.81. The van der Waals surface area contributed by atoms with E-state index in [1.165, 1.54) is 11.8 Å². The zero-order valence-electron chi connectivity index (χ0n) is 11.9. The molecule has 1 N–H and O–H groups in total. The third-order valence-corrected chi connectivity index (χ3v) is 3.93. The largest absolute Gasteiger partial charge is 0.480 e. The fourth-order valence-electron chi connectivity index (χ4n) is 2.52. The average molecular weight is 277 g/mol. The summed E-state index contributed by atoms with van der Waals surface area (Å²) < 4.78 is 5.91. The van der Waals surface area contributed by atoms with Gasteiger partial charge in [-0.15, -0.1) is 0 Å². The quantitative estimate of drug-likeness (QED) is 0.918. The number of carbonyl (C=O) groups excluding carboxylic acids is 1. The van der Waals surface area contributed by atoms with Crippen molar-refractivity contribution in [3.8, 4) is 5.75 Å². The van der Waals surface area contributed by atoms with Crippen LogP contribution in [0.1, 0.15) is 33.6 Å². The molecule has 1 atom stereocenters. The summed E-state index contributed by atoms with van der Waals surface area (Å²) in [5.74, 6) is -0.754. The first kappa shape index (κ1) is 14.4. The number of hydrogen-bond donors (Lipinski definition) is 1. The Balaban J connectivity index is 2.58. The number of anilines is 1. The molecule has 1 aromatic rings. The Kier molecular flexibility index (Phi) is 3.70. The van der Waals surface area contributed by atoms with Crippen LogP contribution in [0.3, 0.4) is 0 Å². The normalized spacial score (nSPS) is 18.1. The van der Waals surface area contributed by atoms with Crippen LogP contribution in [0.25, 0.3) is 0 Å². The van der Waals surface area contributed by atoms with Gasteiger partial charge in [-0.2, -0.15) is 0 Å².